The van der Waals surface area contributed by atoms with Gasteiger partial charge in [-0.25, -0.2) is 14.3 Å². The van der Waals surface area contributed by atoms with Crippen LogP contribution in [0.5, 0.6) is 0 Å². The number of hydrogen-bond donors (Lipinski definition) is 3. The van der Waals surface area contributed by atoms with Gasteiger partial charge in [-0.3, -0.25) is 4.72 Å². The summed E-state index contributed by atoms with van der Waals surface area (Å²) >= 11 is 0. The molecule has 0 atom stereocenters. The quantitative estimate of drug-likeness (QED) is 0.666. The van der Waals surface area contributed by atoms with E-state index in [1.54, 1.807) is 6.92 Å². The van der Waals surface area contributed by atoms with Crippen LogP contribution < -0.4 is 15.2 Å². The number of esters is 1. The van der Waals surface area contributed by atoms with Gasteiger partial charge in [0.2, 0.25) is 0 Å². The highest BCUT2D eigenvalue weighted by Gasteiger charge is 2.12. The van der Waals surface area contributed by atoms with Gasteiger partial charge in [-0.2, -0.15) is 8.42 Å². The zero-order valence-corrected chi connectivity index (χ0v) is 10.9. The van der Waals surface area contributed by atoms with E-state index in [0.29, 0.717) is 0 Å². The summed E-state index contributed by atoms with van der Waals surface area (Å²) in [5.41, 5.74) is 5.15. The third-order valence-corrected chi connectivity index (χ3v) is 2.86. The summed E-state index contributed by atoms with van der Waals surface area (Å²) in [5.74, 6) is -0.507. The van der Waals surface area contributed by atoms with E-state index in [9.17, 15) is 18.0 Å². The monoisotopic (exact) mass is 287 g/mol. The van der Waals surface area contributed by atoms with Crippen LogP contribution in [-0.4, -0.2) is 27.0 Å². The van der Waals surface area contributed by atoms with E-state index in [4.69, 9.17) is 10.5 Å². The third kappa shape index (κ3) is 4.84. The van der Waals surface area contributed by atoms with Crippen molar-refractivity contribution in [1.82, 2.24) is 4.72 Å². The second-order valence-electron chi connectivity index (χ2n) is 3.37. The molecule has 1 rings (SSSR count). The van der Waals surface area contributed by atoms with E-state index in [0.717, 1.165) is 0 Å². The molecule has 104 valence electrons. The Morgan fingerprint density at radius 3 is 2.32 bits per heavy atom. The first-order chi connectivity index (χ1) is 8.84. The molecule has 0 aliphatic rings. The van der Waals surface area contributed by atoms with Gasteiger partial charge in [-0.15, -0.1) is 0 Å². The van der Waals surface area contributed by atoms with Crippen LogP contribution in [0.2, 0.25) is 0 Å². The number of primary amides is 1. The fraction of sp³-hybridized carbons (Fsp3) is 0.200. The molecule has 1 aromatic rings. The van der Waals surface area contributed by atoms with Crippen molar-refractivity contribution in [2.75, 3.05) is 11.3 Å². The molecule has 0 saturated carbocycles. The molecule has 4 N–H and O–H groups in total. The lowest BCUT2D eigenvalue weighted by atomic mass is 10.2. The molecule has 0 aliphatic carbocycles. The highest BCUT2D eigenvalue weighted by Crippen LogP contribution is 2.11. The topological polar surface area (TPSA) is 128 Å². The number of rotatable bonds is 5. The number of carbonyl (C=O) groups excluding carboxylic acids is 2. The van der Waals surface area contributed by atoms with Gasteiger partial charge in [0.05, 0.1) is 17.9 Å². The molecule has 0 radical (unpaired) electrons. The van der Waals surface area contributed by atoms with Crippen LogP contribution in [0.1, 0.15) is 17.3 Å². The van der Waals surface area contributed by atoms with Crippen LogP contribution in [0.3, 0.4) is 0 Å². The SMILES string of the molecule is CCOC(=O)c1ccc(NS(=O)(=O)NC(N)=O)cc1. The van der Waals surface area contributed by atoms with Gasteiger partial charge < -0.3 is 10.5 Å². The maximum absolute atomic E-state index is 11.4. The number of hydrogen-bond acceptors (Lipinski definition) is 5. The van der Waals surface area contributed by atoms with Crippen molar-refractivity contribution < 1.29 is 22.7 Å². The van der Waals surface area contributed by atoms with Gasteiger partial charge in [0.1, 0.15) is 0 Å². The lowest BCUT2D eigenvalue weighted by Crippen LogP contribution is -2.38. The molecular formula is C10H13N3O5S. The highest BCUT2D eigenvalue weighted by atomic mass is 32.2. The average Bonchev–Trinajstić information content (AvgIpc) is 2.27. The smallest absolute Gasteiger partial charge is 0.338 e. The predicted molar refractivity (Wildman–Crippen MR) is 67.7 cm³/mol. The average molecular weight is 287 g/mol. The molecule has 1 aromatic carbocycles. The van der Waals surface area contributed by atoms with E-state index in [1.807, 2.05) is 0 Å². The fourth-order valence-electron chi connectivity index (χ4n) is 1.20. The Morgan fingerprint density at radius 2 is 1.84 bits per heavy atom. The van der Waals surface area contributed by atoms with Gasteiger partial charge in [-0.1, -0.05) is 0 Å². The van der Waals surface area contributed by atoms with E-state index in [1.165, 1.54) is 29.0 Å². The van der Waals surface area contributed by atoms with Gasteiger partial charge in [0.25, 0.3) is 0 Å². The summed E-state index contributed by atoms with van der Waals surface area (Å²) in [6, 6.07) is 4.29. The minimum absolute atomic E-state index is 0.168. The summed E-state index contributed by atoms with van der Waals surface area (Å²) < 4.78 is 31.0. The van der Waals surface area contributed by atoms with Crippen molar-refractivity contribution in [1.29, 1.82) is 0 Å². The Labute approximate surface area is 110 Å². The van der Waals surface area contributed by atoms with Crippen LogP contribution in [0.25, 0.3) is 0 Å². The summed E-state index contributed by atoms with van der Waals surface area (Å²) in [6.45, 7) is 1.92. The fourth-order valence-corrected chi connectivity index (χ4v) is 1.96. The molecule has 0 aliphatic heterocycles. The van der Waals surface area contributed by atoms with E-state index in [2.05, 4.69) is 4.72 Å². The molecule has 0 unspecified atom stereocenters. The Morgan fingerprint density at radius 1 is 1.26 bits per heavy atom. The summed E-state index contributed by atoms with van der Waals surface area (Å²) in [4.78, 5) is 21.8. The number of anilines is 1. The molecule has 0 aromatic heterocycles. The molecule has 0 bridgehead atoms. The van der Waals surface area contributed by atoms with Crippen LogP contribution >= 0.6 is 0 Å². The maximum Gasteiger partial charge on any atom is 0.338 e. The molecule has 0 fully saturated rings. The Balaban J connectivity index is 2.77. The highest BCUT2D eigenvalue weighted by molar-refractivity contribution is 7.91. The Kier molecular flexibility index (Phi) is 4.70. The first-order valence-electron chi connectivity index (χ1n) is 5.21. The standard InChI is InChI=1S/C10H13N3O5S/c1-2-18-9(14)7-3-5-8(6-4-7)12-19(16,17)13-10(11)15/h3-6,12H,2H2,1H3,(H3,11,13,15). The van der Waals surface area contributed by atoms with Gasteiger partial charge in [0.15, 0.2) is 0 Å². The summed E-state index contributed by atoms with van der Waals surface area (Å²) in [6.07, 6.45) is 0. The number of nitrogens with two attached hydrogens (primary N) is 1. The summed E-state index contributed by atoms with van der Waals surface area (Å²) in [7, 11) is -4.07. The molecule has 0 heterocycles. The van der Waals surface area contributed by atoms with Crippen LogP contribution in [0.4, 0.5) is 10.5 Å². The largest absolute Gasteiger partial charge is 0.462 e. The van der Waals surface area contributed by atoms with Crippen molar-refractivity contribution in [3.63, 3.8) is 0 Å². The zero-order valence-electron chi connectivity index (χ0n) is 10.0. The Bertz CT molecular complexity index is 567. The van der Waals surface area contributed by atoms with Crippen LogP contribution in [0.15, 0.2) is 24.3 Å². The maximum atomic E-state index is 11.4. The van der Waals surface area contributed by atoms with Crippen molar-refractivity contribution in [3.05, 3.63) is 29.8 Å². The first kappa shape index (κ1) is 14.8. The van der Waals surface area contributed by atoms with Crippen molar-refractivity contribution >= 4 is 27.9 Å². The number of benzene rings is 1. The molecule has 0 spiro atoms. The molecule has 8 nitrogen and oxygen atoms in total. The number of urea groups is 1. The van der Waals surface area contributed by atoms with Crippen LogP contribution in [-0.2, 0) is 14.9 Å². The third-order valence-electron chi connectivity index (χ3n) is 1.88. The van der Waals surface area contributed by atoms with E-state index in [-0.39, 0.29) is 17.9 Å². The molecule has 2 amide bonds. The second kappa shape index (κ2) is 6.05. The van der Waals surface area contributed by atoms with Gasteiger partial charge in [-0.05, 0) is 31.2 Å². The normalized spacial score (nSPS) is 10.6. The van der Waals surface area contributed by atoms with Crippen molar-refractivity contribution in [2.45, 2.75) is 6.92 Å². The van der Waals surface area contributed by atoms with E-state index >= 15 is 0 Å². The number of ether oxygens (including phenoxy) is 1. The Hall–Kier alpha value is -2.29. The van der Waals surface area contributed by atoms with Crippen molar-refractivity contribution in [2.24, 2.45) is 5.73 Å². The summed E-state index contributed by atoms with van der Waals surface area (Å²) in [5, 5.41) is 0. The first-order valence-corrected chi connectivity index (χ1v) is 6.69. The van der Waals surface area contributed by atoms with Gasteiger partial charge >= 0.3 is 22.2 Å². The second-order valence-corrected chi connectivity index (χ2v) is 4.78. The van der Waals surface area contributed by atoms with E-state index < -0.39 is 22.2 Å². The number of amides is 2. The lowest BCUT2D eigenvalue weighted by molar-refractivity contribution is 0.0526. The number of carbonyl (C=O) groups is 2. The molecule has 0 saturated heterocycles. The molecule has 9 heteroatoms. The minimum Gasteiger partial charge on any atom is -0.462 e. The minimum atomic E-state index is -4.07. The predicted octanol–water partition coefficient (Wildman–Crippen LogP) is 0.188. The molecular weight excluding hydrogens is 274 g/mol. The van der Waals surface area contributed by atoms with Crippen LogP contribution in [0, 0.1) is 0 Å². The lowest BCUT2D eigenvalue weighted by Gasteiger charge is -2.08. The van der Waals surface area contributed by atoms with Gasteiger partial charge in [0, 0.05) is 0 Å². The zero-order chi connectivity index (χ0) is 14.5. The van der Waals surface area contributed by atoms with Crippen molar-refractivity contribution in [3.8, 4) is 0 Å². The molecule has 19 heavy (non-hydrogen) atoms. The number of nitrogens with one attached hydrogen (secondary N) is 2.